The lowest BCUT2D eigenvalue weighted by atomic mass is 10.0. The Morgan fingerprint density at radius 1 is 1.53 bits per heavy atom. The van der Waals surface area contributed by atoms with Crippen LogP contribution in [0.2, 0.25) is 0 Å². The number of hydrogen-bond donors (Lipinski definition) is 1. The van der Waals surface area contributed by atoms with Crippen molar-refractivity contribution < 1.29 is 14.5 Å². The summed E-state index contributed by atoms with van der Waals surface area (Å²) >= 11 is 0. The van der Waals surface area contributed by atoms with E-state index in [1.165, 1.54) is 19.4 Å². The zero-order chi connectivity index (χ0) is 14.6. The van der Waals surface area contributed by atoms with Crippen LogP contribution >= 0.6 is 0 Å². The number of aromatic nitrogens is 1. The molecule has 0 aliphatic carbocycles. The van der Waals surface area contributed by atoms with E-state index < -0.39 is 16.9 Å². The summed E-state index contributed by atoms with van der Waals surface area (Å²) in [6.07, 6.45) is 1.40. The number of nitrogens with zero attached hydrogens (tertiary/aromatic N) is 2. The minimum atomic E-state index is -0.597. The Hall–Kier alpha value is -2.18. The molecule has 0 aliphatic rings. The first-order valence-corrected chi connectivity index (χ1v) is 5.82. The number of methoxy groups -OCH3 is 1. The van der Waals surface area contributed by atoms with Crippen molar-refractivity contribution in [2.75, 3.05) is 12.4 Å². The topological polar surface area (TPSA) is 94.4 Å². The van der Waals surface area contributed by atoms with Crippen molar-refractivity contribution in [1.29, 1.82) is 0 Å². The summed E-state index contributed by atoms with van der Waals surface area (Å²) in [4.78, 5) is 26.0. The van der Waals surface area contributed by atoms with Gasteiger partial charge in [-0.3, -0.25) is 10.1 Å². The molecule has 0 aromatic carbocycles. The molecule has 1 heterocycles. The average Bonchev–Trinajstić information content (AvgIpc) is 2.36. The van der Waals surface area contributed by atoms with E-state index in [4.69, 9.17) is 0 Å². The van der Waals surface area contributed by atoms with E-state index >= 15 is 0 Å². The van der Waals surface area contributed by atoms with Crippen LogP contribution in [-0.4, -0.2) is 29.0 Å². The van der Waals surface area contributed by atoms with Crippen LogP contribution in [0.1, 0.15) is 19.4 Å². The van der Waals surface area contributed by atoms with Gasteiger partial charge in [0, 0.05) is 11.8 Å². The van der Waals surface area contributed by atoms with Gasteiger partial charge in [0.05, 0.1) is 18.1 Å². The van der Waals surface area contributed by atoms with Crippen LogP contribution in [0.25, 0.3) is 0 Å². The molecule has 7 heteroatoms. The Labute approximate surface area is 111 Å². The summed E-state index contributed by atoms with van der Waals surface area (Å²) in [6.45, 7) is 5.30. The summed E-state index contributed by atoms with van der Waals surface area (Å²) in [7, 11) is 1.30. The molecule has 0 saturated heterocycles. The molecule has 0 radical (unpaired) electrons. The number of nitro groups is 1. The molecule has 0 bridgehead atoms. The van der Waals surface area contributed by atoms with Crippen LogP contribution < -0.4 is 5.32 Å². The molecular formula is C12H17N3O4. The fourth-order valence-electron chi connectivity index (χ4n) is 1.57. The Kier molecular flexibility index (Phi) is 4.80. The van der Waals surface area contributed by atoms with E-state index in [1.807, 2.05) is 13.8 Å². The Morgan fingerprint density at radius 2 is 2.16 bits per heavy atom. The standard InChI is InChI=1S/C12H17N3O4/c1-7(2)11(12(16)19-4)14-10-5-9(15(17)18)8(3)6-13-10/h5-7,11H,1-4H3,(H,13,14). The lowest BCUT2D eigenvalue weighted by Crippen LogP contribution is -2.35. The second-order valence-electron chi connectivity index (χ2n) is 4.50. The highest BCUT2D eigenvalue weighted by molar-refractivity contribution is 5.79. The SMILES string of the molecule is COC(=O)C(Nc1cc([N+](=O)[O-])c(C)cn1)C(C)C. The second kappa shape index (κ2) is 6.12. The molecule has 1 aromatic heterocycles. The number of anilines is 1. The van der Waals surface area contributed by atoms with E-state index in [9.17, 15) is 14.9 Å². The Bertz CT molecular complexity index is 488. The first kappa shape index (κ1) is 14.9. The number of nitrogens with one attached hydrogen (secondary N) is 1. The lowest BCUT2D eigenvalue weighted by Gasteiger charge is -2.20. The quantitative estimate of drug-likeness (QED) is 0.497. The fourth-order valence-corrected chi connectivity index (χ4v) is 1.57. The third kappa shape index (κ3) is 3.64. The molecule has 1 aromatic rings. The van der Waals surface area contributed by atoms with Gasteiger partial charge >= 0.3 is 5.97 Å². The highest BCUT2D eigenvalue weighted by Gasteiger charge is 2.24. The smallest absolute Gasteiger partial charge is 0.328 e. The molecule has 0 fully saturated rings. The van der Waals surface area contributed by atoms with E-state index in [1.54, 1.807) is 6.92 Å². The maximum absolute atomic E-state index is 11.6. The molecular weight excluding hydrogens is 250 g/mol. The predicted molar refractivity (Wildman–Crippen MR) is 69.9 cm³/mol. The molecule has 0 amide bonds. The monoisotopic (exact) mass is 267 g/mol. The lowest BCUT2D eigenvalue weighted by molar-refractivity contribution is -0.385. The average molecular weight is 267 g/mol. The van der Waals surface area contributed by atoms with Crippen molar-refractivity contribution in [3.8, 4) is 0 Å². The molecule has 1 N–H and O–H groups in total. The van der Waals surface area contributed by atoms with E-state index in [2.05, 4.69) is 15.0 Å². The van der Waals surface area contributed by atoms with Crippen molar-refractivity contribution in [1.82, 2.24) is 4.98 Å². The van der Waals surface area contributed by atoms with Crippen molar-refractivity contribution in [2.45, 2.75) is 26.8 Å². The number of rotatable bonds is 5. The number of carbonyl (C=O) groups excluding carboxylic acids is 1. The van der Waals surface area contributed by atoms with Gasteiger partial charge in [-0.1, -0.05) is 13.8 Å². The molecule has 0 aliphatic heterocycles. The molecule has 1 atom stereocenters. The van der Waals surface area contributed by atoms with Gasteiger partial charge in [-0.05, 0) is 12.8 Å². The first-order valence-electron chi connectivity index (χ1n) is 5.82. The van der Waals surface area contributed by atoms with Crippen LogP contribution in [0.3, 0.4) is 0 Å². The van der Waals surface area contributed by atoms with Gasteiger partial charge in [0.25, 0.3) is 5.69 Å². The number of hydrogen-bond acceptors (Lipinski definition) is 6. The van der Waals surface area contributed by atoms with Crippen molar-refractivity contribution in [2.24, 2.45) is 5.92 Å². The minimum absolute atomic E-state index is 0.0328. The van der Waals surface area contributed by atoms with Gasteiger partial charge in [-0.25, -0.2) is 9.78 Å². The molecule has 0 saturated carbocycles. The third-order valence-electron chi connectivity index (χ3n) is 2.70. The largest absolute Gasteiger partial charge is 0.467 e. The zero-order valence-corrected chi connectivity index (χ0v) is 11.3. The Balaban J connectivity index is 3.00. The molecule has 1 rings (SSSR count). The number of ether oxygens (including phenoxy) is 1. The maximum atomic E-state index is 11.6. The third-order valence-corrected chi connectivity index (χ3v) is 2.70. The normalized spacial score (nSPS) is 12.1. The first-order chi connectivity index (χ1) is 8.86. The van der Waals surface area contributed by atoms with Crippen molar-refractivity contribution in [3.63, 3.8) is 0 Å². The molecule has 1 unspecified atom stereocenters. The number of esters is 1. The highest BCUT2D eigenvalue weighted by Crippen LogP contribution is 2.21. The van der Waals surface area contributed by atoms with E-state index in [0.29, 0.717) is 5.56 Å². The maximum Gasteiger partial charge on any atom is 0.328 e. The summed E-state index contributed by atoms with van der Waals surface area (Å²) in [6, 6.07) is 0.716. The van der Waals surface area contributed by atoms with Gasteiger partial charge < -0.3 is 10.1 Å². The zero-order valence-electron chi connectivity index (χ0n) is 11.3. The second-order valence-corrected chi connectivity index (χ2v) is 4.50. The van der Waals surface area contributed by atoms with Gasteiger partial charge in [0.15, 0.2) is 0 Å². The predicted octanol–water partition coefficient (Wildman–Crippen LogP) is 1.91. The van der Waals surface area contributed by atoms with Gasteiger partial charge in [0.2, 0.25) is 0 Å². The van der Waals surface area contributed by atoms with Crippen LogP contribution in [0.4, 0.5) is 11.5 Å². The van der Waals surface area contributed by atoms with Gasteiger partial charge in [0.1, 0.15) is 11.9 Å². The van der Waals surface area contributed by atoms with E-state index in [-0.39, 0.29) is 17.4 Å². The molecule has 104 valence electrons. The van der Waals surface area contributed by atoms with Gasteiger partial charge in [-0.2, -0.15) is 0 Å². The van der Waals surface area contributed by atoms with E-state index in [0.717, 1.165) is 0 Å². The Morgan fingerprint density at radius 3 is 2.63 bits per heavy atom. The van der Waals surface area contributed by atoms with Crippen LogP contribution in [0, 0.1) is 23.0 Å². The summed E-state index contributed by atoms with van der Waals surface area (Å²) in [5.74, 6) is -0.184. The minimum Gasteiger partial charge on any atom is -0.467 e. The summed E-state index contributed by atoms with van der Waals surface area (Å²) in [5, 5.41) is 13.7. The summed E-state index contributed by atoms with van der Waals surface area (Å²) < 4.78 is 4.68. The van der Waals surface area contributed by atoms with Crippen LogP contribution in [-0.2, 0) is 9.53 Å². The molecule has 0 spiro atoms. The van der Waals surface area contributed by atoms with Gasteiger partial charge in [-0.15, -0.1) is 0 Å². The van der Waals surface area contributed by atoms with Crippen LogP contribution in [0.15, 0.2) is 12.3 Å². The number of pyridine rings is 1. The fraction of sp³-hybridized carbons (Fsp3) is 0.500. The molecule has 7 nitrogen and oxygen atoms in total. The van der Waals surface area contributed by atoms with Crippen molar-refractivity contribution in [3.05, 3.63) is 27.9 Å². The highest BCUT2D eigenvalue weighted by atomic mass is 16.6. The number of aryl methyl sites for hydroxylation is 1. The van der Waals surface area contributed by atoms with Crippen molar-refractivity contribution >= 4 is 17.5 Å². The summed E-state index contributed by atoms with van der Waals surface area (Å²) in [5.41, 5.74) is 0.430. The van der Waals surface area contributed by atoms with Crippen LogP contribution in [0.5, 0.6) is 0 Å². The number of carbonyl (C=O) groups is 1. The molecule has 19 heavy (non-hydrogen) atoms.